The minimum absolute atomic E-state index is 0.227. The van der Waals surface area contributed by atoms with Crippen LogP contribution in [0.5, 0.6) is 11.5 Å². The van der Waals surface area contributed by atoms with Gasteiger partial charge in [-0.1, -0.05) is 132 Å². The van der Waals surface area contributed by atoms with Crippen molar-refractivity contribution in [2.45, 2.75) is 26.1 Å². The summed E-state index contributed by atoms with van der Waals surface area (Å²) >= 11 is 0. The van der Waals surface area contributed by atoms with Crippen molar-refractivity contribution in [1.29, 1.82) is 0 Å². The van der Waals surface area contributed by atoms with Gasteiger partial charge in [0, 0.05) is 34.1 Å². The molecule has 0 bridgehead atoms. The molecule has 8 aromatic carbocycles. The van der Waals surface area contributed by atoms with Crippen LogP contribution in [0.4, 0.5) is 34.1 Å². The van der Waals surface area contributed by atoms with E-state index in [1.165, 1.54) is 22.3 Å². The minimum Gasteiger partial charge on any atom is -0.491 e. The first-order valence-corrected chi connectivity index (χ1v) is 22.7. The molecule has 2 atom stereocenters. The average molecular weight is 865 g/mol. The van der Waals surface area contributed by atoms with Crippen LogP contribution in [0, 0.1) is 13.8 Å². The molecule has 10 rings (SSSR count). The number of rotatable bonds is 17. The Morgan fingerprint density at radius 3 is 0.879 bits per heavy atom. The van der Waals surface area contributed by atoms with Gasteiger partial charge >= 0.3 is 0 Å². The molecular formula is C60H52N2O4. The molecular weight excluding hydrogens is 813 g/mol. The molecule has 2 fully saturated rings. The molecule has 0 radical (unpaired) electrons. The van der Waals surface area contributed by atoms with Gasteiger partial charge in [0.25, 0.3) is 0 Å². The topological polar surface area (TPSA) is 50.0 Å². The summed E-state index contributed by atoms with van der Waals surface area (Å²) in [6, 6.07) is 68.7. The molecule has 326 valence electrons. The van der Waals surface area contributed by atoms with E-state index in [-0.39, 0.29) is 12.2 Å². The van der Waals surface area contributed by atoms with Gasteiger partial charge in [0.1, 0.15) is 36.9 Å². The van der Waals surface area contributed by atoms with E-state index < -0.39 is 0 Å². The number of epoxide rings is 2. The van der Waals surface area contributed by atoms with E-state index in [4.69, 9.17) is 18.9 Å². The van der Waals surface area contributed by atoms with Gasteiger partial charge in [-0.05, 0) is 144 Å². The Bertz CT molecular complexity index is 2680. The molecule has 66 heavy (non-hydrogen) atoms. The van der Waals surface area contributed by atoms with Crippen LogP contribution in [0.3, 0.4) is 0 Å². The largest absolute Gasteiger partial charge is 0.491 e. The number of hydrogen-bond acceptors (Lipinski definition) is 6. The van der Waals surface area contributed by atoms with Crippen LogP contribution in [-0.2, 0) is 9.47 Å². The lowest BCUT2D eigenvalue weighted by Gasteiger charge is -2.26. The lowest BCUT2D eigenvalue weighted by molar-refractivity contribution is 0.263. The lowest BCUT2D eigenvalue weighted by atomic mass is 10.0. The SMILES string of the molecule is Cc1ccc(N(c2ccc(/C=C/c3ccc(-c4ccc(/C=C/c5ccc(N(c6ccc(C)cc6)c6ccc(OCC7CO7)cc6)cc5)cc4)cc3)cc2)c2ccc(OCC3CO3)cc2)cc1. The third-order valence-electron chi connectivity index (χ3n) is 11.8. The summed E-state index contributed by atoms with van der Waals surface area (Å²) in [7, 11) is 0. The van der Waals surface area contributed by atoms with Gasteiger partial charge in [0.05, 0.1) is 13.2 Å². The molecule has 8 aromatic rings. The first-order chi connectivity index (χ1) is 32.5. The molecule has 0 aliphatic carbocycles. The summed E-state index contributed by atoms with van der Waals surface area (Å²) in [6.07, 6.45) is 9.13. The standard InChI is InChI=1S/C60H52N2O4/c1-43-3-23-51(24-4-43)61(55-31-35-57(36-32-55)63-39-59-41-65-59)53-27-15-47(16-28-53)9-7-45-11-19-49(20-12-45)50-21-13-46(14-22-50)8-10-48-17-29-54(30-18-48)62(52-25-5-44(2)6-26-52)56-33-37-58(38-34-56)64-40-60-42-66-60/h3-38,59-60H,39-42H2,1-2H3/b9-7+,10-8+. The van der Waals surface area contributed by atoms with Crippen molar-refractivity contribution in [2.75, 3.05) is 36.2 Å². The van der Waals surface area contributed by atoms with E-state index in [1.807, 2.05) is 24.3 Å². The smallest absolute Gasteiger partial charge is 0.119 e. The van der Waals surface area contributed by atoms with Crippen molar-refractivity contribution in [1.82, 2.24) is 0 Å². The second-order valence-electron chi connectivity index (χ2n) is 17.0. The Balaban J connectivity index is 0.767. The maximum Gasteiger partial charge on any atom is 0.119 e. The van der Waals surface area contributed by atoms with Crippen molar-refractivity contribution in [3.05, 3.63) is 228 Å². The van der Waals surface area contributed by atoms with E-state index >= 15 is 0 Å². The zero-order valence-corrected chi connectivity index (χ0v) is 37.3. The predicted octanol–water partition coefficient (Wildman–Crippen LogP) is 14.8. The van der Waals surface area contributed by atoms with Crippen LogP contribution >= 0.6 is 0 Å². The maximum atomic E-state index is 5.90. The number of anilines is 6. The van der Waals surface area contributed by atoms with Gasteiger partial charge in [0.2, 0.25) is 0 Å². The van der Waals surface area contributed by atoms with Gasteiger partial charge in [-0.2, -0.15) is 0 Å². The van der Waals surface area contributed by atoms with Crippen molar-refractivity contribution in [3.63, 3.8) is 0 Å². The van der Waals surface area contributed by atoms with E-state index in [0.29, 0.717) is 13.2 Å². The van der Waals surface area contributed by atoms with Crippen molar-refractivity contribution in [2.24, 2.45) is 0 Å². The quantitative estimate of drug-likeness (QED) is 0.0671. The minimum atomic E-state index is 0.227. The van der Waals surface area contributed by atoms with E-state index in [2.05, 4.69) is 218 Å². The summed E-state index contributed by atoms with van der Waals surface area (Å²) in [5.41, 5.74) is 15.9. The van der Waals surface area contributed by atoms with Crippen LogP contribution in [-0.4, -0.2) is 38.6 Å². The van der Waals surface area contributed by atoms with Gasteiger partial charge < -0.3 is 28.7 Å². The monoisotopic (exact) mass is 864 g/mol. The van der Waals surface area contributed by atoms with Gasteiger partial charge in [-0.15, -0.1) is 0 Å². The summed E-state index contributed by atoms with van der Waals surface area (Å²) in [5, 5.41) is 0. The number of aryl methyl sites for hydroxylation is 2. The fourth-order valence-corrected chi connectivity index (χ4v) is 7.80. The molecule has 0 amide bonds. The van der Waals surface area contributed by atoms with E-state index in [0.717, 1.165) is 81.1 Å². The molecule has 2 saturated heterocycles. The summed E-state index contributed by atoms with van der Waals surface area (Å²) in [6.45, 7) is 6.98. The zero-order valence-electron chi connectivity index (χ0n) is 37.3. The fourth-order valence-electron chi connectivity index (χ4n) is 7.80. The van der Waals surface area contributed by atoms with Crippen LogP contribution in [0.2, 0.25) is 0 Å². The van der Waals surface area contributed by atoms with E-state index in [1.54, 1.807) is 0 Å². The Labute approximate surface area is 388 Å². The second kappa shape index (κ2) is 19.6. The Morgan fingerprint density at radius 2 is 0.606 bits per heavy atom. The summed E-state index contributed by atoms with van der Waals surface area (Å²) in [5.74, 6) is 1.69. The third kappa shape index (κ3) is 10.8. The first kappa shape index (κ1) is 42.3. The first-order valence-electron chi connectivity index (χ1n) is 22.7. The van der Waals surface area contributed by atoms with E-state index in [9.17, 15) is 0 Å². The Morgan fingerprint density at radius 1 is 0.364 bits per heavy atom. The Hall–Kier alpha value is -7.64. The van der Waals surface area contributed by atoms with Crippen molar-refractivity contribution < 1.29 is 18.9 Å². The highest BCUT2D eigenvalue weighted by Gasteiger charge is 2.24. The zero-order chi connectivity index (χ0) is 44.7. The number of hydrogen-bond donors (Lipinski definition) is 0. The molecule has 0 N–H and O–H groups in total. The van der Waals surface area contributed by atoms with Crippen molar-refractivity contribution >= 4 is 58.4 Å². The van der Waals surface area contributed by atoms with Gasteiger partial charge in [0.15, 0.2) is 0 Å². The highest BCUT2D eigenvalue weighted by Crippen LogP contribution is 2.38. The highest BCUT2D eigenvalue weighted by atomic mass is 16.6. The van der Waals surface area contributed by atoms with Crippen LogP contribution in [0.15, 0.2) is 194 Å². The van der Waals surface area contributed by atoms with Crippen LogP contribution in [0.25, 0.3) is 35.4 Å². The number of benzene rings is 8. The van der Waals surface area contributed by atoms with Crippen LogP contribution < -0.4 is 19.3 Å². The normalized spacial score (nSPS) is 15.2. The summed E-state index contributed by atoms with van der Waals surface area (Å²) in [4.78, 5) is 4.54. The second-order valence-corrected chi connectivity index (χ2v) is 17.0. The molecule has 2 aliphatic heterocycles. The molecule has 0 spiro atoms. The molecule has 2 heterocycles. The lowest BCUT2D eigenvalue weighted by Crippen LogP contribution is -2.10. The molecule has 6 nitrogen and oxygen atoms in total. The maximum absolute atomic E-state index is 5.90. The van der Waals surface area contributed by atoms with Gasteiger partial charge in [-0.25, -0.2) is 0 Å². The predicted molar refractivity (Wildman–Crippen MR) is 272 cm³/mol. The molecule has 0 saturated carbocycles. The van der Waals surface area contributed by atoms with Crippen LogP contribution in [0.1, 0.15) is 33.4 Å². The van der Waals surface area contributed by atoms with Gasteiger partial charge in [-0.3, -0.25) is 0 Å². The highest BCUT2D eigenvalue weighted by molar-refractivity contribution is 5.81. The summed E-state index contributed by atoms with van der Waals surface area (Å²) < 4.78 is 22.4. The third-order valence-corrected chi connectivity index (χ3v) is 11.8. The molecule has 0 aromatic heterocycles. The van der Waals surface area contributed by atoms with Crippen molar-refractivity contribution in [3.8, 4) is 22.6 Å². The molecule has 2 aliphatic rings. The fraction of sp³-hybridized carbons (Fsp3) is 0.133. The average Bonchev–Trinajstić information content (AvgIpc) is 4.32. The molecule has 6 heteroatoms. The number of nitrogens with zero attached hydrogens (tertiary/aromatic N) is 2. The number of ether oxygens (including phenoxy) is 4. The molecule has 2 unspecified atom stereocenters. The Kier molecular flexibility index (Phi) is 12.6.